The van der Waals surface area contributed by atoms with Crippen LogP contribution in [0.15, 0.2) is 36.4 Å². The van der Waals surface area contributed by atoms with Crippen LogP contribution in [0, 0.1) is 20.2 Å². The molecule has 0 saturated carbocycles. The van der Waals surface area contributed by atoms with Crippen LogP contribution in [0.1, 0.15) is 27.6 Å². The highest BCUT2D eigenvalue weighted by atomic mass is 35.5. The van der Waals surface area contributed by atoms with Crippen molar-refractivity contribution in [1.82, 2.24) is 4.90 Å². The number of nitro benzene ring substituents is 2. The van der Waals surface area contributed by atoms with E-state index < -0.39 is 57.4 Å². The van der Waals surface area contributed by atoms with Crippen LogP contribution in [0.4, 0.5) is 17.1 Å². The molecule has 0 aliphatic carbocycles. The number of benzene rings is 2. The number of hydrogen-bond donors (Lipinski definition) is 1. The first kappa shape index (κ1) is 23.3. The molecule has 2 aromatic rings. The fraction of sp³-hybridized carbons (Fsp3) is 0.158. The first-order valence-corrected chi connectivity index (χ1v) is 9.47. The molecule has 170 valence electrons. The van der Waals surface area contributed by atoms with Crippen LogP contribution in [0.5, 0.6) is 0 Å². The minimum absolute atomic E-state index is 0.0000883. The largest absolute Gasteiger partial charge is 0.451 e. The van der Waals surface area contributed by atoms with Crippen molar-refractivity contribution in [1.29, 1.82) is 0 Å². The maximum Gasteiger partial charge on any atom is 0.326 e. The van der Waals surface area contributed by atoms with Crippen molar-refractivity contribution in [3.8, 4) is 0 Å². The summed E-state index contributed by atoms with van der Waals surface area (Å²) in [5.41, 5.74) is -1.67. The van der Waals surface area contributed by atoms with Gasteiger partial charge in [0.1, 0.15) is 12.1 Å². The third kappa shape index (κ3) is 4.62. The summed E-state index contributed by atoms with van der Waals surface area (Å²) in [6, 6.07) is 6.85. The topological polar surface area (TPSA) is 179 Å². The van der Waals surface area contributed by atoms with Gasteiger partial charge in [-0.1, -0.05) is 17.7 Å². The molecule has 0 aromatic heterocycles. The first-order valence-electron chi connectivity index (χ1n) is 9.09. The highest BCUT2D eigenvalue weighted by Crippen LogP contribution is 2.31. The number of carbonyl (C=O) groups excluding carboxylic acids is 4. The lowest BCUT2D eigenvalue weighted by Crippen LogP contribution is -2.38. The van der Waals surface area contributed by atoms with E-state index in [9.17, 15) is 39.4 Å². The van der Waals surface area contributed by atoms with Crippen LogP contribution >= 0.6 is 11.6 Å². The van der Waals surface area contributed by atoms with Gasteiger partial charge in [0.05, 0.1) is 26.1 Å². The molecule has 1 atom stereocenters. The molecule has 0 saturated heterocycles. The minimum atomic E-state index is -1.43. The summed E-state index contributed by atoms with van der Waals surface area (Å²) in [5, 5.41) is 24.3. The van der Waals surface area contributed by atoms with Crippen LogP contribution < -0.4 is 5.32 Å². The number of imide groups is 1. The third-order valence-corrected chi connectivity index (χ3v) is 4.89. The zero-order valence-electron chi connectivity index (χ0n) is 16.6. The van der Waals surface area contributed by atoms with E-state index in [0.29, 0.717) is 4.90 Å². The van der Waals surface area contributed by atoms with Gasteiger partial charge in [-0.3, -0.25) is 44.3 Å². The van der Waals surface area contributed by atoms with E-state index in [4.69, 9.17) is 16.3 Å². The average Bonchev–Trinajstić information content (AvgIpc) is 2.99. The van der Waals surface area contributed by atoms with E-state index in [2.05, 4.69) is 5.32 Å². The van der Waals surface area contributed by atoms with E-state index >= 15 is 0 Å². The van der Waals surface area contributed by atoms with Gasteiger partial charge >= 0.3 is 5.97 Å². The van der Waals surface area contributed by atoms with Gasteiger partial charge in [-0.25, -0.2) is 0 Å². The second-order valence-corrected chi connectivity index (χ2v) is 7.10. The smallest absolute Gasteiger partial charge is 0.326 e. The Labute approximate surface area is 189 Å². The van der Waals surface area contributed by atoms with Gasteiger partial charge < -0.3 is 10.1 Å². The molecule has 0 bridgehead atoms. The Morgan fingerprint density at radius 1 is 1.12 bits per heavy atom. The second kappa shape index (κ2) is 9.00. The normalized spacial score (nSPS) is 13.3. The molecule has 13 nitrogen and oxygen atoms in total. The third-order valence-electron chi connectivity index (χ3n) is 4.56. The fourth-order valence-corrected chi connectivity index (χ4v) is 3.15. The summed E-state index contributed by atoms with van der Waals surface area (Å²) in [6.07, 6.45) is -1.43. The van der Waals surface area contributed by atoms with Crippen molar-refractivity contribution < 1.29 is 33.8 Å². The number of hydrogen-bond acceptors (Lipinski definition) is 9. The number of rotatable bonds is 7. The minimum Gasteiger partial charge on any atom is -0.451 e. The second-order valence-electron chi connectivity index (χ2n) is 6.70. The highest BCUT2D eigenvalue weighted by Gasteiger charge is 2.42. The zero-order chi connectivity index (χ0) is 24.4. The summed E-state index contributed by atoms with van der Waals surface area (Å²) >= 11 is 5.91. The molecule has 3 rings (SSSR count). The van der Waals surface area contributed by atoms with Crippen molar-refractivity contribution in [2.75, 3.05) is 11.9 Å². The Hall–Kier alpha value is -4.39. The molecular weight excluding hydrogens is 464 g/mol. The molecule has 1 aliphatic rings. The lowest BCUT2D eigenvalue weighted by atomic mass is 10.1. The number of non-ortho nitro benzene ring substituents is 1. The summed E-state index contributed by atoms with van der Waals surface area (Å²) in [7, 11) is 0. The van der Waals surface area contributed by atoms with Crippen molar-refractivity contribution in [3.05, 3.63) is 72.8 Å². The number of nitrogens with one attached hydrogen (secondary N) is 1. The summed E-state index contributed by atoms with van der Waals surface area (Å²) in [5.74, 6) is -3.99. The van der Waals surface area contributed by atoms with Gasteiger partial charge in [0, 0.05) is 18.2 Å². The molecule has 0 radical (unpaired) electrons. The molecule has 33 heavy (non-hydrogen) atoms. The molecule has 1 unspecified atom stereocenters. The zero-order valence-corrected chi connectivity index (χ0v) is 17.4. The van der Waals surface area contributed by atoms with Gasteiger partial charge in [-0.15, -0.1) is 0 Å². The number of esters is 1. The van der Waals surface area contributed by atoms with Crippen molar-refractivity contribution in [2.24, 2.45) is 0 Å². The maximum atomic E-state index is 12.5. The van der Waals surface area contributed by atoms with Crippen molar-refractivity contribution in [2.45, 2.75) is 13.0 Å². The molecular formula is C19H13ClN4O9. The number of fused-ring (bicyclic) bond motifs is 1. The average molecular weight is 477 g/mol. The summed E-state index contributed by atoms with van der Waals surface area (Å²) in [4.78, 5) is 70.4. The van der Waals surface area contributed by atoms with Crippen LogP contribution in [0.2, 0.25) is 5.02 Å². The van der Waals surface area contributed by atoms with Crippen LogP contribution in [-0.2, 0) is 14.3 Å². The van der Waals surface area contributed by atoms with Gasteiger partial charge in [0.15, 0.2) is 6.10 Å². The number of amides is 3. The van der Waals surface area contributed by atoms with E-state index in [0.717, 1.165) is 18.2 Å². The van der Waals surface area contributed by atoms with E-state index in [1.54, 1.807) is 0 Å². The molecule has 0 spiro atoms. The Morgan fingerprint density at radius 3 is 2.45 bits per heavy atom. The van der Waals surface area contributed by atoms with E-state index in [-0.39, 0.29) is 22.0 Å². The number of halogens is 1. The number of carbonyl (C=O) groups is 4. The molecule has 2 aromatic carbocycles. The van der Waals surface area contributed by atoms with E-state index in [1.807, 2.05) is 0 Å². The quantitative estimate of drug-likeness (QED) is 0.271. The predicted molar refractivity (Wildman–Crippen MR) is 111 cm³/mol. The predicted octanol–water partition coefficient (Wildman–Crippen LogP) is 2.32. The van der Waals surface area contributed by atoms with Crippen LogP contribution in [-0.4, -0.2) is 51.1 Å². The molecule has 1 heterocycles. The Bertz CT molecular complexity index is 1230. The van der Waals surface area contributed by atoms with Crippen molar-refractivity contribution in [3.63, 3.8) is 0 Å². The summed E-state index contributed by atoms with van der Waals surface area (Å²) < 4.78 is 4.93. The number of nitrogens with zero attached hydrogens (tertiary/aromatic N) is 3. The maximum absolute atomic E-state index is 12.5. The summed E-state index contributed by atoms with van der Waals surface area (Å²) in [6.45, 7) is 0.296. The van der Waals surface area contributed by atoms with Gasteiger partial charge in [0.2, 0.25) is 0 Å². The first-order chi connectivity index (χ1) is 15.5. The lowest BCUT2D eigenvalue weighted by Gasteiger charge is -2.17. The Morgan fingerprint density at radius 2 is 1.82 bits per heavy atom. The Kier molecular flexibility index (Phi) is 6.35. The standard InChI is InChI=1S/C19H13ClN4O9/c1-9(17(26)21-13-7-10(23(29)30)5-6-12(13)20)33-15(25)8-22-18(27)11-3-2-4-14(24(31)32)16(11)19(22)28/h2-7,9H,8H2,1H3,(H,21,26). The molecule has 1 aliphatic heterocycles. The molecule has 3 amide bonds. The highest BCUT2D eigenvalue weighted by molar-refractivity contribution is 6.33. The van der Waals surface area contributed by atoms with Gasteiger partial charge in [-0.05, 0) is 19.1 Å². The Balaban J connectivity index is 1.67. The fourth-order valence-electron chi connectivity index (χ4n) is 2.99. The van der Waals surface area contributed by atoms with Crippen molar-refractivity contribution >= 4 is 52.4 Å². The number of ether oxygens (including phenoxy) is 1. The number of anilines is 1. The van der Waals surface area contributed by atoms with E-state index in [1.165, 1.54) is 25.1 Å². The molecule has 1 N–H and O–H groups in total. The molecule has 0 fully saturated rings. The monoisotopic (exact) mass is 476 g/mol. The van der Waals surface area contributed by atoms with Gasteiger partial charge in [0.25, 0.3) is 29.1 Å². The van der Waals surface area contributed by atoms with Crippen LogP contribution in [0.25, 0.3) is 0 Å². The number of nitro groups is 2. The van der Waals surface area contributed by atoms with Crippen LogP contribution in [0.3, 0.4) is 0 Å². The SMILES string of the molecule is CC(OC(=O)CN1C(=O)c2cccc([N+](=O)[O-])c2C1=O)C(=O)Nc1cc([N+](=O)[O-])ccc1Cl. The van der Waals surface area contributed by atoms with Gasteiger partial charge in [-0.2, -0.15) is 0 Å². The molecule has 14 heteroatoms. The lowest BCUT2D eigenvalue weighted by molar-refractivity contribution is -0.385.